The molecule has 0 saturated carbocycles. The number of ether oxygens (including phenoxy) is 1. The average Bonchev–Trinajstić information content (AvgIpc) is 2.90. The van der Waals surface area contributed by atoms with E-state index in [1.165, 1.54) is 4.31 Å². The SMILES string of the molecule is NCC1CCN(S(=O)(=O)NC2COc3ccccc32)CC1. The normalized spacial score (nSPS) is 23.8. The van der Waals surface area contributed by atoms with E-state index in [1.54, 1.807) is 0 Å². The van der Waals surface area contributed by atoms with Crippen molar-refractivity contribution in [1.82, 2.24) is 9.03 Å². The molecule has 21 heavy (non-hydrogen) atoms. The van der Waals surface area contributed by atoms with E-state index in [0.29, 0.717) is 32.2 Å². The van der Waals surface area contributed by atoms with Crippen LogP contribution < -0.4 is 15.2 Å². The lowest BCUT2D eigenvalue weighted by Crippen LogP contribution is -2.47. The Morgan fingerprint density at radius 1 is 1.29 bits per heavy atom. The topological polar surface area (TPSA) is 84.7 Å². The fourth-order valence-electron chi connectivity index (χ4n) is 2.90. The minimum atomic E-state index is -3.48. The number of nitrogens with zero attached hydrogens (tertiary/aromatic N) is 1. The number of hydrogen-bond acceptors (Lipinski definition) is 4. The Morgan fingerprint density at radius 3 is 2.71 bits per heavy atom. The van der Waals surface area contributed by atoms with Crippen molar-refractivity contribution in [2.45, 2.75) is 18.9 Å². The molecule has 1 aromatic rings. The summed E-state index contributed by atoms with van der Waals surface area (Å²) in [7, 11) is -3.48. The number of para-hydroxylation sites is 1. The van der Waals surface area contributed by atoms with Gasteiger partial charge in [-0.25, -0.2) is 0 Å². The highest BCUT2D eigenvalue weighted by Gasteiger charge is 2.33. The molecule has 6 nitrogen and oxygen atoms in total. The van der Waals surface area contributed by atoms with Crippen molar-refractivity contribution in [3.05, 3.63) is 29.8 Å². The summed E-state index contributed by atoms with van der Waals surface area (Å²) in [6.45, 7) is 2.04. The predicted molar refractivity (Wildman–Crippen MR) is 80.1 cm³/mol. The van der Waals surface area contributed by atoms with Gasteiger partial charge >= 0.3 is 0 Å². The number of nitrogens with two attached hydrogens (primary N) is 1. The van der Waals surface area contributed by atoms with Gasteiger partial charge < -0.3 is 10.5 Å². The second-order valence-corrected chi connectivity index (χ2v) is 7.30. The standard InChI is InChI=1S/C14H21N3O3S/c15-9-11-5-7-17(8-6-11)21(18,19)16-13-10-20-14-4-2-1-3-12(13)14/h1-4,11,13,16H,5-10,15H2. The van der Waals surface area contributed by atoms with Crippen molar-refractivity contribution in [2.24, 2.45) is 11.7 Å². The van der Waals surface area contributed by atoms with E-state index in [9.17, 15) is 8.42 Å². The molecule has 0 bridgehead atoms. The molecule has 0 spiro atoms. The zero-order chi connectivity index (χ0) is 14.9. The average molecular weight is 311 g/mol. The molecule has 0 aromatic heterocycles. The molecule has 2 heterocycles. The molecular formula is C14H21N3O3S. The summed E-state index contributed by atoms with van der Waals surface area (Å²) >= 11 is 0. The zero-order valence-corrected chi connectivity index (χ0v) is 12.7. The third-order valence-electron chi connectivity index (χ3n) is 4.24. The van der Waals surface area contributed by atoms with Gasteiger partial charge in [0.2, 0.25) is 0 Å². The summed E-state index contributed by atoms with van der Waals surface area (Å²) in [4.78, 5) is 0. The van der Waals surface area contributed by atoms with Crippen LogP contribution in [-0.4, -0.2) is 39.0 Å². The smallest absolute Gasteiger partial charge is 0.280 e. The highest BCUT2D eigenvalue weighted by molar-refractivity contribution is 7.87. The van der Waals surface area contributed by atoms with Crippen LogP contribution in [0.4, 0.5) is 0 Å². The van der Waals surface area contributed by atoms with Gasteiger partial charge in [-0.2, -0.15) is 17.4 Å². The summed E-state index contributed by atoms with van der Waals surface area (Å²) in [6, 6.07) is 7.22. The molecule has 1 aromatic carbocycles. The first-order valence-corrected chi connectivity index (χ1v) is 8.73. The summed E-state index contributed by atoms with van der Waals surface area (Å²) in [5.74, 6) is 1.19. The number of fused-ring (bicyclic) bond motifs is 1. The van der Waals surface area contributed by atoms with E-state index in [0.717, 1.165) is 24.2 Å². The highest BCUT2D eigenvalue weighted by atomic mass is 32.2. The first-order valence-electron chi connectivity index (χ1n) is 7.29. The molecule has 0 radical (unpaired) electrons. The number of rotatable bonds is 4. The summed E-state index contributed by atoms with van der Waals surface area (Å²) in [6.07, 6.45) is 1.66. The molecule has 3 N–H and O–H groups in total. The van der Waals surface area contributed by atoms with Crippen molar-refractivity contribution in [3.63, 3.8) is 0 Å². The van der Waals surface area contributed by atoms with E-state index in [2.05, 4.69) is 4.72 Å². The Bertz CT molecular complexity index is 597. The third-order valence-corrected chi connectivity index (χ3v) is 5.87. The van der Waals surface area contributed by atoms with Gasteiger partial charge in [-0.05, 0) is 31.4 Å². The number of hydrogen-bond donors (Lipinski definition) is 2. The second-order valence-electron chi connectivity index (χ2n) is 5.60. The Kier molecular flexibility index (Phi) is 4.17. The van der Waals surface area contributed by atoms with Crippen LogP contribution in [0, 0.1) is 5.92 Å². The maximum absolute atomic E-state index is 12.5. The van der Waals surface area contributed by atoms with Crippen LogP contribution in [0.2, 0.25) is 0 Å². The largest absolute Gasteiger partial charge is 0.491 e. The number of piperidine rings is 1. The van der Waals surface area contributed by atoms with E-state index >= 15 is 0 Å². The minimum Gasteiger partial charge on any atom is -0.491 e. The molecule has 1 atom stereocenters. The van der Waals surface area contributed by atoms with E-state index in [1.807, 2.05) is 24.3 Å². The molecule has 1 fully saturated rings. The van der Waals surface area contributed by atoms with Gasteiger partial charge in [-0.1, -0.05) is 18.2 Å². The van der Waals surface area contributed by atoms with E-state index < -0.39 is 10.2 Å². The molecule has 7 heteroatoms. The van der Waals surface area contributed by atoms with Crippen LogP contribution in [0.1, 0.15) is 24.4 Å². The molecule has 116 valence electrons. The van der Waals surface area contributed by atoms with E-state index in [4.69, 9.17) is 10.5 Å². The van der Waals surface area contributed by atoms with Gasteiger partial charge in [-0.15, -0.1) is 0 Å². The quantitative estimate of drug-likeness (QED) is 0.854. The van der Waals surface area contributed by atoms with Gasteiger partial charge in [0, 0.05) is 18.7 Å². The van der Waals surface area contributed by atoms with Gasteiger partial charge in [0.1, 0.15) is 12.4 Å². The van der Waals surface area contributed by atoms with Gasteiger partial charge in [0.05, 0.1) is 6.04 Å². The monoisotopic (exact) mass is 311 g/mol. The Hall–Kier alpha value is -1.15. The maximum Gasteiger partial charge on any atom is 0.280 e. The zero-order valence-electron chi connectivity index (χ0n) is 11.9. The fourth-order valence-corrected chi connectivity index (χ4v) is 4.30. The molecule has 1 unspecified atom stereocenters. The van der Waals surface area contributed by atoms with Crippen molar-refractivity contribution in [1.29, 1.82) is 0 Å². The van der Waals surface area contributed by atoms with Gasteiger partial charge in [0.15, 0.2) is 0 Å². The molecule has 3 rings (SSSR count). The Labute approximate surface area is 125 Å². The van der Waals surface area contributed by atoms with Crippen molar-refractivity contribution in [2.75, 3.05) is 26.2 Å². The Morgan fingerprint density at radius 2 is 2.00 bits per heavy atom. The van der Waals surface area contributed by atoms with Gasteiger partial charge in [0.25, 0.3) is 10.2 Å². The van der Waals surface area contributed by atoms with E-state index in [-0.39, 0.29) is 6.04 Å². The first-order chi connectivity index (χ1) is 10.1. The lowest BCUT2D eigenvalue weighted by molar-refractivity contribution is 0.270. The number of benzene rings is 1. The summed E-state index contributed by atoms with van der Waals surface area (Å²) in [5, 5.41) is 0. The molecule has 1 saturated heterocycles. The van der Waals surface area contributed by atoms with Crippen LogP contribution in [0.15, 0.2) is 24.3 Å². The highest BCUT2D eigenvalue weighted by Crippen LogP contribution is 2.32. The fraction of sp³-hybridized carbons (Fsp3) is 0.571. The minimum absolute atomic E-state index is 0.307. The number of nitrogens with one attached hydrogen (secondary N) is 1. The van der Waals surface area contributed by atoms with Crippen LogP contribution in [0.25, 0.3) is 0 Å². The van der Waals surface area contributed by atoms with Crippen molar-refractivity contribution < 1.29 is 13.2 Å². The molecular weight excluding hydrogens is 290 g/mol. The maximum atomic E-state index is 12.5. The molecule has 2 aliphatic heterocycles. The Balaban J connectivity index is 1.68. The molecule has 0 aliphatic carbocycles. The summed E-state index contributed by atoms with van der Waals surface area (Å²) < 4.78 is 34.7. The van der Waals surface area contributed by atoms with Crippen molar-refractivity contribution >= 4 is 10.2 Å². The first kappa shape index (κ1) is 14.8. The van der Waals surface area contributed by atoms with Crippen LogP contribution in [-0.2, 0) is 10.2 Å². The predicted octanol–water partition coefficient (Wildman–Crippen LogP) is 0.625. The molecule has 2 aliphatic rings. The van der Waals surface area contributed by atoms with Crippen LogP contribution in [0.3, 0.4) is 0 Å². The van der Waals surface area contributed by atoms with Gasteiger partial charge in [-0.3, -0.25) is 0 Å². The van der Waals surface area contributed by atoms with Crippen LogP contribution >= 0.6 is 0 Å². The summed E-state index contributed by atoms with van der Waals surface area (Å²) in [5.41, 5.74) is 6.54. The molecule has 0 amide bonds. The lowest BCUT2D eigenvalue weighted by atomic mass is 9.99. The van der Waals surface area contributed by atoms with Crippen LogP contribution in [0.5, 0.6) is 5.75 Å². The second kappa shape index (κ2) is 5.92. The van der Waals surface area contributed by atoms with Crippen molar-refractivity contribution in [3.8, 4) is 5.75 Å². The third kappa shape index (κ3) is 3.06. The lowest BCUT2D eigenvalue weighted by Gasteiger charge is -2.31.